The summed E-state index contributed by atoms with van der Waals surface area (Å²) in [5, 5.41) is 0. The average molecular weight is 865 g/mol. The van der Waals surface area contributed by atoms with Crippen LogP contribution in [-0.4, -0.2) is 37.2 Å². The van der Waals surface area contributed by atoms with Gasteiger partial charge >= 0.3 is 17.9 Å². The summed E-state index contributed by atoms with van der Waals surface area (Å²) in [7, 11) is 0. The second-order valence-electron chi connectivity index (χ2n) is 17.1. The fourth-order valence-corrected chi connectivity index (χ4v) is 7.04. The van der Waals surface area contributed by atoms with Gasteiger partial charge in [0, 0.05) is 19.3 Å². The molecule has 0 aromatic rings. The van der Waals surface area contributed by atoms with Gasteiger partial charge in [0.25, 0.3) is 0 Å². The van der Waals surface area contributed by atoms with Gasteiger partial charge in [-0.15, -0.1) is 0 Å². The van der Waals surface area contributed by atoms with Crippen molar-refractivity contribution >= 4 is 17.9 Å². The minimum Gasteiger partial charge on any atom is -0.462 e. The van der Waals surface area contributed by atoms with Crippen LogP contribution in [0.25, 0.3) is 0 Å². The normalized spacial score (nSPS) is 12.6. The number of esters is 3. The maximum absolute atomic E-state index is 12.7. The van der Waals surface area contributed by atoms with E-state index in [9.17, 15) is 14.4 Å². The zero-order chi connectivity index (χ0) is 45.1. The molecule has 0 radical (unpaired) electrons. The molecule has 0 heterocycles. The van der Waals surface area contributed by atoms with Gasteiger partial charge in [0.2, 0.25) is 0 Å². The molecule has 62 heavy (non-hydrogen) atoms. The molecule has 0 aromatic carbocycles. The number of ether oxygens (including phenoxy) is 3. The molecule has 0 N–H and O–H groups in total. The van der Waals surface area contributed by atoms with E-state index in [1.54, 1.807) is 0 Å². The van der Waals surface area contributed by atoms with Crippen molar-refractivity contribution in [2.24, 2.45) is 0 Å². The topological polar surface area (TPSA) is 78.9 Å². The molecule has 1 unspecified atom stereocenters. The molecule has 0 rings (SSSR count). The molecule has 6 nitrogen and oxygen atoms in total. The van der Waals surface area contributed by atoms with Crippen LogP contribution in [0.4, 0.5) is 0 Å². The van der Waals surface area contributed by atoms with Crippen LogP contribution in [-0.2, 0) is 28.6 Å². The highest BCUT2D eigenvalue weighted by Crippen LogP contribution is 2.14. The van der Waals surface area contributed by atoms with Gasteiger partial charge < -0.3 is 14.2 Å². The van der Waals surface area contributed by atoms with E-state index in [0.717, 1.165) is 109 Å². The lowest BCUT2D eigenvalue weighted by Crippen LogP contribution is -2.30. The largest absolute Gasteiger partial charge is 0.462 e. The van der Waals surface area contributed by atoms with Gasteiger partial charge in [-0.25, -0.2) is 0 Å². The van der Waals surface area contributed by atoms with Crippen LogP contribution >= 0.6 is 0 Å². The number of hydrogen-bond donors (Lipinski definition) is 0. The number of hydrogen-bond acceptors (Lipinski definition) is 6. The second-order valence-corrected chi connectivity index (χ2v) is 17.1. The lowest BCUT2D eigenvalue weighted by Gasteiger charge is -2.18. The third kappa shape index (κ3) is 47.9. The second kappa shape index (κ2) is 50.5. The minimum absolute atomic E-state index is 0.0809. The zero-order valence-corrected chi connectivity index (χ0v) is 40.6. The summed E-state index contributed by atoms with van der Waals surface area (Å²) in [5.74, 6) is -0.903. The third-order valence-electron chi connectivity index (χ3n) is 10.9. The molecule has 0 spiro atoms. The Balaban J connectivity index is 4.28. The maximum atomic E-state index is 12.7. The fourth-order valence-electron chi connectivity index (χ4n) is 7.04. The van der Waals surface area contributed by atoms with Crippen LogP contribution in [0.5, 0.6) is 0 Å². The summed E-state index contributed by atoms with van der Waals surface area (Å²) in [6, 6.07) is 0. The van der Waals surface area contributed by atoms with Gasteiger partial charge in [-0.3, -0.25) is 14.4 Å². The molecule has 356 valence electrons. The molecule has 0 aromatic heterocycles. The molecule has 0 aliphatic heterocycles. The average Bonchev–Trinajstić information content (AvgIpc) is 3.27. The first-order valence-electron chi connectivity index (χ1n) is 25.9. The lowest BCUT2D eigenvalue weighted by atomic mass is 10.1. The molecular weight excluding hydrogens is 769 g/mol. The smallest absolute Gasteiger partial charge is 0.306 e. The Labute approximate surface area is 382 Å². The number of allylic oxidation sites excluding steroid dienone is 12. The van der Waals surface area contributed by atoms with Crippen LogP contribution in [0.2, 0.25) is 0 Å². The predicted molar refractivity (Wildman–Crippen MR) is 265 cm³/mol. The molecule has 6 heteroatoms. The van der Waals surface area contributed by atoms with Gasteiger partial charge in [0.15, 0.2) is 6.10 Å². The summed E-state index contributed by atoms with van der Waals surface area (Å²) in [4.78, 5) is 37.9. The van der Waals surface area contributed by atoms with Crippen LogP contribution in [0.3, 0.4) is 0 Å². The molecule has 0 amide bonds. The van der Waals surface area contributed by atoms with E-state index >= 15 is 0 Å². The summed E-state index contributed by atoms with van der Waals surface area (Å²) >= 11 is 0. The minimum atomic E-state index is -0.780. The monoisotopic (exact) mass is 865 g/mol. The number of unbranched alkanes of at least 4 members (excludes halogenated alkanes) is 23. The summed E-state index contributed by atoms with van der Waals surface area (Å²) in [5.41, 5.74) is 0. The van der Waals surface area contributed by atoms with E-state index in [4.69, 9.17) is 14.2 Å². The maximum Gasteiger partial charge on any atom is 0.306 e. The quantitative estimate of drug-likeness (QED) is 0.0262. The first-order valence-corrected chi connectivity index (χ1v) is 25.9. The Bertz CT molecular complexity index is 1180. The van der Waals surface area contributed by atoms with E-state index in [1.165, 1.54) is 96.3 Å². The highest BCUT2D eigenvalue weighted by atomic mass is 16.6. The summed E-state index contributed by atoms with van der Waals surface area (Å²) in [6.45, 7) is 6.45. The standard InChI is InChI=1S/C56H96O6/c1-4-7-10-13-16-19-22-23-24-25-26-27-28-29-30-31-32-33-35-37-40-43-46-49-55(58)61-52-53(51-60-54(57)48-45-42-39-36-21-18-15-12-9-6-3)62-56(59)50-47-44-41-38-34-20-17-14-11-8-5-2/h7,10,14,16-17,19,23-24,26-27,29-30,53H,4-6,8-9,11-13,15,18,20-22,25,28,31-52H2,1-3H3/b10-7-,17-14-,19-16-,24-23-,27-26-,30-29-. The van der Waals surface area contributed by atoms with Gasteiger partial charge in [0.1, 0.15) is 13.2 Å². The fraction of sp³-hybridized carbons (Fsp3) is 0.732. The number of carbonyl (C=O) groups is 3. The van der Waals surface area contributed by atoms with E-state index in [1.807, 2.05) is 0 Å². The molecular formula is C56H96O6. The van der Waals surface area contributed by atoms with E-state index in [2.05, 4.69) is 93.7 Å². The van der Waals surface area contributed by atoms with E-state index in [-0.39, 0.29) is 31.1 Å². The number of rotatable bonds is 46. The molecule has 0 aliphatic rings. The Morgan fingerprint density at radius 1 is 0.339 bits per heavy atom. The van der Waals surface area contributed by atoms with Crippen molar-refractivity contribution in [3.8, 4) is 0 Å². The van der Waals surface area contributed by atoms with Crippen LogP contribution in [0, 0.1) is 0 Å². The summed E-state index contributed by atoms with van der Waals surface area (Å²) in [6.07, 6.45) is 63.2. The van der Waals surface area contributed by atoms with Crippen molar-refractivity contribution in [2.75, 3.05) is 13.2 Å². The highest BCUT2D eigenvalue weighted by molar-refractivity contribution is 5.71. The van der Waals surface area contributed by atoms with Crippen molar-refractivity contribution in [1.82, 2.24) is 0 Å². The van der Waals surface area contributed by atoms with Crippen molar-refractivity contribution in [3.05, 3.63) is 72.9 Å². The zero-order valence-electron chi connectivity index (χ0n) is 40.6. The Morgan fingerprint density at radius 2 is 0.645 bits per heavy atom. The van der Waals surface area contributed by atoms with Crippen molar-refractivity contribution in [3.63, 3.8) is 0 Å². The van der Waals surface area contributed by atoms with E-state index in [0.29, 0.717) is 19.3 Å². The Morgan fingerprint density at radius 3 is 1.05 bits per heavy atom. The number of carbonyl (C=O) groups excluding carboxylic acids is 3. The highest BCUT2D eigenvalue weighted by Gasteiger charge is 2.19. The molecule has 0 saturated heterocycles. The van der Waals surface area contributed by atoms with Crippen LogP contribution in [0.1, 0.15) is 245 Å². The first-order chi connectivity index (χ1) is 30.5. The van der Waals surface area contributed by atoms with E-state index < -0.39 is 6.10 Å². The summed E-state index contributed by atoms with van der Waals surface area (Å²) < 4.78 is 16.7. The van der Waals surface area contributed by atoms with Crippen LogP contribution < -0.4 is 0 Å². The Hall–Kier alpha value is -3.15. The molecule has 0 saturated carbocycles. The first kappa shape index (κ1) is 58.9. The van der Waals surface area contributed by atoms with Crippen molar-refractivity contribution in [1.29, 1.82) is 0 Å². The third-order valence-corrected chi connectivity index (χ3v) is 10.9. The van der Waals surface area contributed by atoms with Gasteiger partial charge in [0.05, 0.1) is 0 Å². The Kier molecular flexibility index (Phi) is 47.9. The molecule has 0 aliphatic carbocycles. The lowest BCUT2D eigenvalue weighted by molar-refractivity contribution is -0.167. The van der Waals surface area contributed by atoms with Crippen molar-refractivity contribution in [2.45, 2.75) is 252 Å². The molecule has 0 bridgehead atoms. The van der Waals surface area contributed by atoms with Gasteiger partial charge in [-0.2, -0.15) is 0 Å². The SMILES string of the molecule is CC/C=C\C/C=C\C/C=C\C/C=C\C/C=C\CCCCCCCCCC(=O)OCC(COC(=O)CCCCCCCCCCCC)OC(=O)CCCCCCC/C=C\CCCC. The van der Waals surface area contributed by atoms with Crippen LogP contribution in [0.15, 0.2) is 72.9 Å². The molecule has 1 atom stereocenters. The van der Waals surface area contributed by atoms with Gasteiger partial charge in [-0.1, -0.05) is 216 Å². The molecule has 0 fully saturated rings. The predicted octanol–water partition coefficient (Wildman–Crippen LogP) is 17.0. The van der Waals surface area contributed by atoms with Gasteiger partial charge in [-0.05, 0) is 83.5 Å². The van der Waals surface area contributed by atoms with Crippen molar-refractivity contribution < 1.29 is 28.6 Å².